The van der Waals surface area contributed by atoms with Crippen LogP contribution in [0.4, 0.5) is 4.79 Å². The van der Waals surface area contributed by atoms with Gasteiger partial charge in [0, 0.05) is 0 Å². The number of unbranched alkanes of at least 4 members (excludes halogenated alkanes) is 4. The molecule has 3 heteroatoms. The molecular formula is C26H50O3. The second-order valence-electron chi connectivity index (χ2n) is 10.3. The van der Waals surface area contributed by atoms with Gasteiger partial charge >= 0.3 is 6.16 Å². The maximum Gasteiger partial charge on any atom is 0.509 e. The van der Waals surface area contributed by atoms with Crippen LogP contribution in [0.5, 0.6) is 0 Å². The number of rotatable bonds is 15. The molecule has 0 saturated heterocycles. The van der Waals surface area contributed by atoms with Crippen molar-refractivity contribution < 1.29 is 14.3 Å². The normalized spacial score (nSPS) is 16.6. The zero-order valence-electron chi connectivity index (χ0n) is 20.9. The van der Waals surface area contributed by atoms with Crippen molar-refractivity contribution >= 4 is 6.16 Å². The van der Waals surface area contributed by atoms with E-state index in [-0.39, 0.29) is 6.10 Å². The summed E-state index contributed by atoms with van der Waals surface area (Å²) in [5.74, 6) is 2.00. The molecule has 172 valence electrons. The van der Waals surface area contributed by atoms with Gasteiger partial charge in [0.15, 0.2) is 0 Å². The fourth-order valence-electron chi connectivity index (χ4n) is 3.91. The van der Waals surface area contributed by atoms with Gasteiger partial charge in [0.2, 0.25) is 0 Å². The van der Waals surface area contributed by atoms with Gasteiger partial charge in [-0.3, -0.25) is 0 Å². The van der Waals surface area contributed by atoms with Crippen LogP contribution in [0.25, 0.3) is 0 Å². The molecule has 0 fully saturated rings. The zero-order chi connectivity index (χ0) is 22.4. The third kappa shape index (κ3) is 15.5. The molecule has 29 heavy (non-hydrogen) atoms. The quantitative estimate of drug-likeness (QED) is 0.154. The summed E-state index contributed by atoms with van der Waals surface area (Å²) < 4.78 is 11.2. The van der Waals surface area contributed by atoms with Crippen LogP contribution in [-0.2, 0) is 9.47 Å². The van der Waals surface area contributed by atoms with Crippen LogP contribution >= 0.6 is 0 Å². The largest absolute Gasteiger partial charge is 0.509 e. The monoisotopic (exact) mass is 410 g/mol. The first kappa shape index (κ1) is 28.0. The van der Waals surface area contributed by atoms with Crippen molar-refractivity contribution in [1.29, 1.82) is 0 Å². The first-order valence-corrected chi connectivity index (χ1v) is 12.0. The predicted octanol–water partition coefficient (Wildman–Crippen LogP) is 8.57. The van der Waals surface area contributed by atoms with E-state index < -0.39 is 11.8 Å². The van der Waals surface area contributed by atoms with E-state index in [4.69, 9.17) is 9.47 Å². The lowest BCUT2D eigenvalue weighted by Gasteiger charge is -2.28. The van der Waals surface area contributed by atoms with Gasteiger partial charge in [-0.1, -0.05) is 85.8 Å². The fraction of sp³-hybridized carbons (Fsp3) is 0.885. The Morgan fingerprint density at radius 3 is 2.07 bits per heavy atom. The predicted molar refractivity (Wildman–Crippen MR) is 125 cm³/mol. The molecular weight excluding hydrogens is 360 g/mol. The SMILES string of the molecule is CCCCCCCC(C)C(C)OC(=O)OC(C)(C)CC(C)/C=C\C(C)CC(C)C. The third-order valence-electron chi connectivity index (χ3n) is 5.63. The highest BCUT2D eigenvalue weighted by Gasteiger charge is 2.27. The highest BCUT2D eigenvalue weighted by molar-refractivity contribution is 5.60. The van der Waals surface area contributed by atoms with Crippen molar-refractivity contribution in [3.05, 3.63) is 12.2 Å². The molecule has 0 aliphatic carbocycles. The third-order valence-corrected chi connectivity index (χ3v) is 5.63. The van der Waals surface area contributed by atoms with Gasteiger partial charge in [0.05, 0.1) is 0 Å². The molecule has 0 aromatic carbocycles. The van der Waals surface area contributed by atoms with Crippen LogP contribution in [-0.4, -0.2) is 17.9 Å². The number of carbonyl (C=O) groups is 1. The summed E-state index contributed by atoms with van der Waals surface area (Å²) in [5.41, 5.74) is -0.536. The Morgan fingerprint density at radius 1 is 0.897 bits per heavy atom. The molecule has 4 atom stereocenters. The van der Waals surface area contributed by atoms with Crippen LogP contribution in [0.15, 0.2) is 12.2 Å². The molecule has 0 saturated carbocycles. The van der Waals surface area contributed by atoms with E-state index >= 15 is 0 Å². The van der Waals surface area contributed by atoms with Crippen LogP contribution in [0.2, 0.25) is 0 Å². The molecule has 0 aliphatic rings. The van der Waals surface area contributed by atoms with Gasteiger partial charge in [-0.25, -0.2) is 4.79 Å². The fourth-order valence-corrected chi connectivity index (χ4v) is 3.91. The standard InChI is InChI=1S/C26H50O3/c1-10-11-12-13-14-15-23(6)24(7)28-25(27)29-26(8,9)19-22(5)17-16-21(4)18-20(2)3/h16-17,20-24H,10-15,18-19H2,1-9H3/b17-16-. The summed E-state index contributed by atoms with van der Waals surface area (Å²) in [6.07, 6.45) is 13.3. The van der Waals surface area contributed by atoms with Crippen LogP contribution in [0.3, 0.4) is 0 Å². The van der Waals surface area contributed by atoms with Gasteiger partial charge in [-0.15, -0.1) is 0 Å². The Hall–Kier alpha value is -0.990. The molecule has 0 aliphatic heterocycles. The Labute approximate surface area is 182 Å². The molecule has 3 nitrogen and oxygen atoms in total. The van der Waals surface area contributed by atoms with E-state index in [1.165, 1.54) is 38.5 Å². The van der Waals surface area contributed by atoms with Crippen LogP contribution in [0.1, 0.15) is 114 Å². The van der Waals surface area contributed by atoms with Gasteiger partial charge in [0.25, 0.3) is 0 Å². The first-order chi connectivity index (χ1) is 13.5. The van der Waals surface area contributed by atoms with Crippen LogP contribution in [0, 0.1) is 23.7 Å². The topological polar surface area (TPSA) is 35.5 Å². The van der Waals surface area contributed by atoms with E-state index in [0.717, 1.165) is 12.8 Å². The number of hydrogen-bond acceptors (Lipinski definition) is 3. The van der Waals surface area contributed by atoms with Crippen molar-refractivity contribution in [1.82, 2.24) is 0 Å². The maximum absolute atomic E-state index is 12.3. The summed E-state index contributed by atoms with van der Waals surface area (Å²) in [6.45, 7) is 19.3. The van der Waals surface area contributed by atoms with Crippen molar-refractivity contribution in [2.24, 2.45) is 23.7 Å². The summed E-state index contributed by atoms with van der Waals surface area (Å²) >= 11 is 0. The Balaban J connectivity index is 4.32. The molecule has 0 spiro atoms. The summed E-state index contributed by atoms with van der Waals surface area (Å²) in [6, 6.07) is 0. The van der Waals surface area contributed by atoms with Crippen molar-refractivity contribution in [2.75, 3.05) is 0 Å². The second-order valence-corrected chi connectivity index (χ2v) is 10.3. The minimum Gasteiger partial charge on any atom is -0.431 e. The molecule has 0 aromatic heterocycles. The Morgan fingerprint density at radius 2 is 1.48 bits per heavy atom. The summed E-state index contributed by atoms with van der Waals surface area (Å²) in [4.78, 5) is 12.3. The van der Waals surface area contributed by atoms with Gasteiger partial charge in [-0.05, 0) is 63.7 Å². The average Bonchev–Trinajstić information content (AvgIpc) is 2.57. The molecule has 0 radical (unpaired) electrons. The molecule has 0 heterocycles. The Bertz CT molecular complexity index is 453. The lowest BCUT2D eigenvalue weighted by Crippen LogP contribution is -2.32. The summed E-state index contributed by atoms with van der Waals surface area (Å²) in [7, 11) is 0. The highest BCUT2D eigenvalue weighted by Crippen LogP contribution is 2.24. The van der Waals surface area contributed by atoms with Crippen molar-refractivity contribution in [3.63, 3.8) is 0 Å². The van der Waals surface area contributed by atoms with Gasteiger partial charge < -0.3 is 9.47 Å². The first-order valence-electron chi connectivity index (χ1n) is 12.0. The van der Waals surface area contributed by atoms with E-state index in [2.05, 4.69) is 53.7 Å². The highest BCUT2D eigenvalue weighted by atomic mass is 16.7. The lowest BCUT2D eigenvalue weighted by atomic mass is 9.92. The number of ether oxygens (including phenoxy) is 2. The minimum atomic E-state index is -0.537. The molecule has 0 rings (SSSR count). The van der Waals surface area contributed by atoms with E-state index in [9.17, 15) is 4.79 Å². The zero-order valence-corrected chi connectivity index (χ0v) is 20.9. The molecule has 0 bridgehead atoms. The van der Waals surface area contributed by atoms with E-state index in [1.807, 2.05) is 20.8 Å². The van der Waals surface area contributed by atoms with Gasteiger partial charge in [0.1, 0.15) is 11.7 Å². The molecule has 0 amide bonds. The Kier molecular flexibility index (Phi) is 14.4. The minimum absolute atomic E-state index is 0.112. The maximum atomic E-state index is 12.3. The van der Waals surface area contributed by atoms with Crippen LogP contribution < -0.4 is 0 Å². The van der Waals surface area contributed by atoms with Crippen molar-refractivity contribution in [3.8, 4) is 0 Å². The molecule has 0 aromatic rings. The summed E-state index contributed by atoms with van der Waals surface area (Å²) in [5, 5.41) is 0. The van der Waals surface area contributed by atoms with E-state index in [0.29, 0.717) is 23.7 Å². The second kappa shape index (κ2) is 14.9. The lowest BCUT2D eigenvalue weighted by molar-refractivity contribution is -0.0469. The smallest absolute Gasteiger partial charge is 0.431 e. The number of carbonyl (C=O) groups excluding carboxylic acids is 1. The number of allylic oxidation sites excluding steroid dienone is 2. The van der Waals surface area contributed by atoms with Crippen molar-refractivity contribution in [2.45, 2.75) is 125 Å². The van der Waals surface area contributed by atoms with Gasteiger partial charge in [-0.2, -0.15) is 0 Å². The molecule has 0 N–H and O–H groups in total. The van der Waals surface area contributed by atoms with E-state index in [1.54, 1.807) is 0 Å². The average molecular weight is 411 g/mol. The molecule has 4 unspecified atom stereocenters. The number of hydrogen-bond donors (Lipinski definition) is 0.